The Hall–Kier alpha value is -1.66. The summed E-state index contributed by atoms with van der Waals surface area (Å²) >= 11 is 1.65. The molecule has 1 N–H and O–H groups in total. The Morgan fingerprint density at radius 2 is 2.20 bits per heavy atom. The van der Waals surface area contributed by atoms with Crippen molar-refractivity contribution < 1.29 is 9.53 Å². The molecule has 0 bridgehead atoms. The second kappa shape index (κ2) is 7.21. The highest BCUT2D eigenvalue weighted by molar-refractivity contribution is 7.12. The number of methoxy groups -OCH3 is 1. The van der Waals surface area contributed by atoms with Crippen LogP contribution in [0, 0.1) is 0 Å². The zero-order chi connectivity index (χ0) is 14.4. The van der Waals surface area contributed by atoms with Crippen LogP contribution >= 0.6 is 11.3 Å². The van der Waals surface area contributed by atoms with Crippen LogP contribution in [-0.4, -0.2) is 29.4 Å². The zero-order valence-corrected chi connectivity index (χ0v) is 12.6. The van der Waals surface area contributed by atoms with Gasteiger partial charge in [0.05, 0.1) is 13.5 Å². The molecule has 0 saturated carbocycles. The van der Waals surface area contributed by atoms with Gasteiger partial charge in [0, 0.05) is 48.2 Å². The molecular formula is C14H19N3O2S. The van der Waals surface area contributed by atoms with Gasteiger partial charge in [-0.25, -0.2) is 0 Å². The van der Waals surface area contributed by atoms with E-state index in [2.05, 4.69) is 21.2 Å². The van der Waals surface area contributed by atoms with Gasteiger partial charge in [0.1, 0.15) is 0 Å². The standard InChI is InChI=1S/C14H19N3O2S/c1-17-11(6-8-16-17)5-7-15-10-13-4-3-12(20-13)9-14(18)19-2/h3-4,6,8,15H,5,7,9-10H2,1-2H3. The Kier molecular flexibility index (Phi) is 5.31. The first kappa shape index (κ1) is 14.7. The molecule has 0 aliphatic rings. The first-order valence-corrected chi connectivity index (χ1v) is 7.32. The number of esters is 1. The number of hydrogen-bond donors (Lipinski definition) is 1. The molecule has 2 rings (SSSR count). The van der Waals surface area contributed by atoms with E-state index in [1.54, 1.807) is 11.3 Å². The van der Waals surface area contributed by atoms with Gasteiger partial charge in [-0.1, -0.05) is 0 Å². The van der Waals surface area contributed by atoms with Gasteiger partial charge in [0.15, 0.2) is 0 Å². The monoisotopic (exact) mass is 293 g/mol. The largest absolute Gasteiger partial charge is 0.469 e. The number of ether oxygens (including phenoxy) is 1. The van der Waals surface area contributed by atoms with Gasteiger partial charge in [-0.05, 0) is 18.2 Å². The number of hydrogen-bond acceptors (Lipinski definition) is 5. The molecule has 2 heterocycles. The van der Waals surface area contributed by atoms with Crippen molar-refractivity contribution in [2.45, 2.75) is 19.4 Å². The molecule has 2 aromatic rings. The molecule has 6 heteroatoms. The first-order chi connectivity index (χ1) is 9.69. The molecule has 0 aliphatic carbocycles. The van der Waals surface area contributed by atoms with Crippen LogP contribution in [0.3, 0.4) is 0 Å². The molecule has 5 nitrogen and oxygen atoms in total. The lowest BCUT2D eigenvalue weighted by atomic mass is 10.3. The zero-order valence-electron chi connectivity index (χ0n) is 11.8. The van der Waals surface area contributed by atoms with E-state index in [-0.39, 0.29) is 5.97 Å². The third kappa shape index (κ3) is 4.18. The Morgan fingerprint density at radius 3 is 2.90 bits per heavy atom. The Morgan fingerprint density at radius 1 is 1.40 bits per heavy atom. The van der Waals surface area contributed by atoms with E-state index < -0.39 is 0 Å². The highest BCUT2D eigenvalue weighted by Gasteiger charge is 2.06. The molecule has 2 aromatic heterocycles. The second-order valence-corrected chi connectivity index (χ2v) is 5.75. The lowest BCUT2D eigenvalue weighted by molar-refractivity contribution is -0.139. The van der Waals surface area contributed by atoms with Crippen LogP contribution in [0.5, 0.6) is 0 Å². The molecule has 0 aromatic carbocycles. The van der Waals surface area contributed by atoms with Gasteiger partial charge in [-0.3, -0.25) is 9.48 Å². The van der Waals surface area contributed by atoms with Crippen LogP contribution in [0.1, 0.15) is 15.4 Å². The van der Waals surface area contributed by atoms with Gasteiger partial charge in [-0.2, -0.15) is 5.10 Å². The van der Waals surface area contributed by atoms with Crippen LogP contribution in [0.15, 0.2) is 24.4 Å². The number of nitrogens with zero attached hydrogens (tertiary/aromatic N) is 2. The van der Waals surface area contributed by atoms with Gasteiger partial charge in [0.25, 0.3) is 0 Å². The molecule has 108 valence electrons. The summed E-state index contributed by atoms with van der Waals surface area (Å²) in [6, 6.07) is 6.07. The molecule has 0 saturated heterocycles. The number of carbonyl (C=O) groups is 1. The SMILES string of the molecule is COC(=O)Cc1ccc(CNCCc2ccnn2C)s1. The third-order valence-corrected chi connectivity index (χ3v) is 4.13. The maximum Gasteiger partial charge on any atom is 0.310 e. The number of carbonyl (C=O) groups excluding carboxylic acids is 1. The molecule has 0 amide bonds. The van der Waals surface area contributed by atoms with Crippen LogP contribution in [-0.2, 0) is 36.0 Å². The van der Waals surface area contributed by atoms with E-state index in [9.17, 15) is 4.79 Å². The first-order valence-electron chi connectivity index (χ1n) is 6.51. The number of aromatic nitrogens is 2. The van der Waals surface area contributed by atoms with E-state index in [0.29, 0.717) is 6.42 Å². The molecule has 0 radical (unpaired) electrons. The molecular weight excluding hydrogens is 274 g/mol. The summed E-state index contributed by atoms with van der Waals surface area (Å²) in [5.41, 5.74) is 1.22. The van der Waals surface area contributed by atoms with E-state index >= 15 is 0 Å². The maximum atomic E-state index is 11.2. The Labute approximate surface area is 122 Å². The molecule has 0 aliphatic heterocycles. The van der Waals surface area contributed by atoms with Crippen molar-refractivity contribution in [3.05, 3.63) is 39.8 Å². The summed E-state index contributed by atoms with van der Waals surface area (Å²) in [6.45, 7) is 1.73. The fourth-order valence-electron chi connectivity index (χ4n) is 1.90. The van der Waals surface area contributed by atoms with Crippen LogP contribution in [0.25, 0.3) is 0 Å². The maximum absolute atomic E-state index is 11.2. The van der Waals surface area contributed by atoms with Crippen molar-refractivity contribution in [2.24, 2.45) is 7.05 Å². The Balaban J connectivity index is 1.72. The number of aryl methyl sites for hydroxylation is 1. The fraction of sp³-hybridized carbons (Fsp3) is 0.429. The lowest BCUT2D eigenvalue weighted by Crippen LogP contribution is -2.17. The summed E-state index contributed by atoms with van der Waals surface area (Å²) in [6.07, 6.45) is 3.13. The third-order valence-electron chi connectivity index (χ3n) is 3.04. The highest BCUT2D eigenvalue weighted by atomic mass is 32.1. The molecule has 0 spiro atoms. The Bertz CT molecular complexity index is 562. The van der Waals surface area contributed by atoms with Gasteiger partial charge in [0.2, 0.25) is 0 Å². The summed E-state index contributed by atoms with van der Waals surface area (Å²) < 4.78 is 6.55. The average Bonchev–Trinajstić information content (AvgIpc) is 3.04. The van der Waals surface area contributed by atoms with Crippen molar-refractivity contribution in [3.63, 3.8) is 0 Å². The quantitative estimate of drug-likeness (QED) is 0.621. The minimum atomic E-state index is -0.192. The number of thiophene rings is 1. The van der Waals surface area contributed by atoms with Crippen molar-refractivity contribution >= 4 is 17.3 Å². The fourth-order valence-corrected chi connectivity index (χ4v) is 2.87. The summed E-state index contributed by atoms with van der Waals surface area (Å²) in [4.78, 5) is 13.4. The second-order valence-electron chi connectivity index (χ2n) is 4.49. The van der Waals surface area contributed by atoms with E-state index in [1.807, 2.05) is 30.1 Å². The van der Waals surface area contributed by atoms with Crippen molar-refractivity contribution in [2.75, 3.05) is 13.7 Å². The smallest absolute Gasteiger partial charge is 0.310 e. The van der Waals surface area contributed by atoms with Crippen molar-refractivity contribution in [1.29, 1.82) is 0 Å². The molecule has 0 unspecified atom stereocenters. The average molecular weight is 293 g/mol. The van der Waals surface area contributed by atoms with Crippen LogP contribution in [0.4, 0.5) is 0 Å². The molecule has 0 atom stereocenters. The normalized spacial score (nSPS) is 10.7. The molecule has 0 fully saturated rings. The van der Waals surface area contributed by atoms with Gasteiger partial charge >= 0.3 is 5.97 Å². The van der Waals surface area contributed by atoms with Crippen LogP contribution < -0.4 is 5.32 Å². The lowest BCUT2D eigenvalue weighted by Gasteiger charge is -2.03. The summed E-state index contributed by atoms with van der Waals surface area (Å²) in [5, 5.41) is 7.54. The molecule has 20 heavy (non-hydrogen) atoms. The minimum Gasteiger partial charge on any atom is -0.469 e. The van der Waals surface area contributed by atoms with Gasteiger partial charge < -0.3 is 10.1 Å². The van der Waals surface area contributed by atoms with Gasteiger partial charge in [-0.15, -0.1) is 11.3 Å². The number of rotatable bonds is 7. The number of nitrogens with one attached hydrogen (secondary N) is 1. The van der Waals surface area contributed by atoms with Crippen LogP contribution in [0.2, 0.25) is 0 Å². The highest BCUT2D eigenvalue weighted by Crippen LogP contribution is 2.17. The topological polar surface area (TPSA) is 56.1 Å². The minimum absolute atomic E-state index is 0.192. The summed E-state index contributed by atoms with van der Waals surface area (Å²) in [7, 11) is 3.37. The predicted octanol–water partition coefficient (Wildman–Crippen LogP) is 1.53. The van der Waals surface area contributed by atoms with Crippen molar-refractivity contribution in [1.82, 2.24) is 15.1 Å². The van der Waals surface area contributed by atoms with E-state index in [0.717, 1.165) is 24.4 Å². The predicted molar refractivity (Wildman–Crippen MR) is 78.7 cm³/mol. The van der Waals surface area contributed by atoms with Crippen molar-refractivity contribution in [3.8, 4) is 0 Å². The van der Waals surface area contributed by atoms with E-state index in [4.69, 9.17) is 0 Å². The summed E-state index contributed by atoms with van der Waals surface area (Å²) in [5.74, 6) is -0.192. The van der Waals surface area contributed by atoms with E-state index in [1.165, 1.54) is 17.7 Å².